The molecular weight excluding hydrogens is 260 g/mol. The molecule has 2 rings (SSSR count). The predicted octanol–water partition coefficient (Wildman–Crippen LogP) is 0.801. The van der Waals surface area contributed by atoms with Crippen molar-refractivity contribution in [1.82, 2.24) is 30.2 Å². The highest BCUT2D eigenvalue weighted by Gasteiger charge is 2.01. The maximum Gasteiger partial charge on any atom is 0.166 e. The number of hydrogen-bond donors (Lipinski definition) is 2. The van der Waals surface area contributed by atoms with Gasteiger partial charge in [-0.05, 0) is 25.2 Å². The standard InChI is InChI=1S/C12H18N6S/c1-3-18-9-10(7-16-18)6-13-12(19)14-8-11-4-5-15-17(11)2/h4-5,7,9H,3,6,8H2,1-2H3,(H2,13,14,19). The summed E-state index contributed by atoms with van der Waals surface area (Å²) < 4.78 is 3.71. The first kappa shape index (κ1) is 13.5. The number of nitrogens with one attached hydrogen (secondary N) is 2. The highest BCUT2D eigenvalue weighted by molar-refractivity contribution is 7.80. The third-order valence-electron chi connectivity index (χ3n) is 2.82. The SMILES string of the molecule is CCn1cc(CNC(=S)NCc2ccnn2C)cn1. The van der Waals surface area contributed by atoms with Crippen molar-refractivity contribution < 1.29 is 0 Å². The van der Waals surface area contributed by atoms with Crippen LogP contribution >= 0.6 is 12.2 Å². The van der Waals surface area contributed by atoms with E-state index in [0.29, 0.717) is 18.2 Å². The summed E-state index contributed by atoms with van der Waals surface area (Å²) in [5, 5.41) is 15.2. The Bertz CT molecular complexity index is 544. The number of aromatic nitrogens is 4. The number of rotatable bonds is 5. The first-order valence-corrected chi connectivity index (χ1v) is 6.59. The summed E-state index contributed by atoms with van der Waals surface area (Å²) in [4.78, 5) is 0. The van der Waals surface area contributed by atoms with Gasteiger partial charge in [0, 0.05) is 38.1 Å². The second-order valence-corrected chi connectivity index (χ2v) is 4.59. The van der Waals surface area contributed by atoms with Gasteiger partial charge in [0.1, 0.15) is 0 Å². The Balaban J connectivity index is 1.74. The van der Waals surface area contributed by atoms with Crippen molar-refractivity contribution in [3.05, 3.63) is 35.9 Å². The minimum Gasteiger partial charge on any atom is -0.359 e. The summed E-state index contributed by atoms with van der Waals surface area (Å²) >= 11 is 5.23. The van der Waals surface area contributed by atoms with Gasteiger partial charge in [-0.15, -0.1) is 0 Å². The Morgan fingerprint density at radius 1 is 1.32 bits per heavy atom. The van der Waals surface area contributed by atoms with Gasteiger partial charge in [-0.3, -0.25) is 9.36 Å². The quantitative estimate of drug-likeness (QED) is 0.792. The molecule has 0 amide bonds. The van der Waals surface area contributed by atoms with Crippen LogP contribution in [0.2, 0.25) is 0 Å². The number of nitrogens with zero attached hydrogens (tertiary/aromatic N) is 4. The summed E-state index contributed by atoms with van der Waals surface area (Å²) in [6.07, 6.45) is 5.63. The highest BCUT2D eigenvalue weighted by atomic mass is 32.1. The highest BCUT2D eigenvalue weighted by Crippen LogP contribution is 1.97. The van der Waals surface area contributed by atoms with Gasteiger partial charge in [0.15, 0.2) is 5.11 Å². The van der Waals surface area contributed by atoms with Crippen LogP contribution < -0.4 is 10.6 Å². The molecule has 0 aliphatic carbocycles. The van der Waals surface area contributed by atoms with Crippen molar-refractivity contribution in [1.29, 1.82) is 0 Å². The molecule has 2 aromatic heterocycles. The van der Waals surface area contributed by atoms with Gasteiger partial charge >= 0.3 is 0 Å². The molecule has 6 nitrogen and oxygen atoms in total. The molecule has 0 radical (unpaired) electrons. The molecule has 0 unspecified atom stereocenters. The molecule has 0 saturated carbocycles. The number of aryl methyl sites for hydroxylation is 2. The average Bonchev–Trinajstić information content (AvgIpc) is 3.02. The lowest BCUT2D eigenvalue weighted by molar-refractivity contribution is 0.658. The van der Waals surface area contributed by atoms with Crippen LogP contribution in [0.25, 0.3) is 0 Å². The lowest BCUT2D eigenvalue weighted by Gasteiger charge is -2.09. The first-order valence-electron chi connectivity index (χ1n) is 6.19. The van der Waals surface area contributed by atoms with Gasteiger partial charge in [0.05, 0.1) is 18.4 Å². The molecule has 0 aromatic carbocycles. The van der Waals surface area contributed by atoms with Gasteiger partial charge in [0.25, 0.3) is 0 Å². The summed E-state index contributed by atoms with van der Waals surface area (Å²) in [6, 6.07) is 1.96. The summed E-state index contributed by atoms with van der Waals surface area (Å²) in [6.45, 7) is 4.28. The fourth-order valence-electron chi connectivity index (χ4n) is 1.66. The van der Waals surface area contributed by atoms with E-state index in [1.807, 2.05) is 34.9 Å². The molecular formula is C12H18N6S. The molecule has 7 heteroatoms. The van der Waals surface area contributed by atoms with Gasteiger partial charge in [0.2, 0.25) is 0 Å². The van der Waals surface area contributed by atoms with E-state index in [2.05, 4.69) is 27.8 Å². The van der Waals surface area contributed by atoms with Crippen LogP contribution in [0.3, 0.4) is 0 Å². The fourth-order valence-corrected chi connectivity index (χ4v) is 1.81. The summed E-state index contributed by atoms with van der Waals surface area (Å²) in [5.74, 6) is 0. The van der Waals surface area contributed by atoms with Crippen LogP contribution in [-0.2, 0) is 26.7 Å². The molecule has 0 aliphatic rings. The molecule has 2 heterocycles. The van der Waals surface area contributed by atoms with Crippen molar-refractivity contribution in [2.75, 3.05) is 0 Å². The van der Waals surface area contributed by atoms with Crippen molar-refractivity contribution in [2.45, 2.75) is 26.6 Å². The Labute approximate surface area is 117 Å². The normalized spacial score (nSPS) is 10.4. The van der Waals surface area contributed by atoms with Crippen LogP contribution in [0.4, 0.5) is 0 Å². The zero-order chi connectivity index (χ0) is 13.7. The topological polar surface area (TPSA) is 59.7 Å². The molecule has 0 bridgehead atoms. The minimum atomic E-state index is 0.630. The van der Waals surface area contributed by atoms with Crippen molar-refractivity contribution in [3.63, 3.8) is 0 Å². The van der Waals surface area contributed by atoms with Crippen LogP contribution in [0.5, 0.6) is 0 Å². The van der Waals surface area contributed by atoms with Crippen LogP contribution in [0.15, 0.2) is 24.7 Å². The minimum absolute atomic E-state index is 0.630. The van der Waals surface area contributed by atoms with E-state index in [4.69, 9.17) is 12.2 Å². The van der Waals surface area contributed by atoms with Crippen molar-refractivity contribution in [2.24, 2.45) is 7.05 Å². The smallest absolute Gasteiger partial charge is 0.166 e. The second kappa shape index (κ2) is 6.33. The molecule has 0 fully saturated rings. The van der Waals surface area contributed by atoms with Gasteiger partial charge in [-0.25, -0.2) is 0 Å². The summed E-state index contributed by atoms with van der Waals surface area (Å²) in [5.41, 5.74) is 2.20. The Kier molecular flexibility index (Phi) is 4.51. The van der Waals surface area contributed by atoms with E-state index in [1.54, 1.807) is 6.20 Å². The molecule has 0 atom stereocenters. The van der Waals surface area contributed by atoms with E-state index in [-0.39, 0.29) is 0 Å². The lowest BCUT2D eigenvalue weighted by Crippen LogP contribution is -2.34. The maximum absolute atomic E-state index is 5.23. The van der Waals surface area contributed by atoms with Crippen molar-refractivity contribution in [3.8, 4) is 0 Å². The van der Waals surface area contributed by atoms with Gasteiger partial charge in [-0.1, -0.05) is 0 Å². The lowest BCUT2D eigenvalue weighted by atomic mass is 10.3. The molecule has 0 aliphatic heterocycles. The summed E-state index contributed by atoms with van der Waals surface area (Å²) in [7, 11) is 1.91. The van der Waals surface area contributed by atoms with E-state index in [1.165, 1.54) is 0 Å². The Morgan fingerprint density at radius 2 is 2.11 bits per heavy atom. The van der Waals surface area contributed by atoms with Crippen LogP contribution in [0.1, 0.15) is 18.2 Å². The van der Waals surface area contributed by atoms with Gasteiger partial charge < -0.3 is 10.6 Å². The molecule has 2 N–H and O–H groups in total. The zero-order valence-electron chi connectivity index (χ0n) is 11.1. The average molecular weight is 278 g/mol. The Hall–Kier alpha value is -1.89. The monoisotopic (exact) mass is 278 g/mol. The van der Waals surface area contributed by atoms with E-state index < -0.39 is 0 Å². The molecule has 0 spiro atoms. The van der Waals surface area contributed by atoms with Crippen LogP contribution in [-0.4, -0.2) is 24.7 Å². The predicted molar refractivity (Wildman–Crippen MR) is 77.4 cm³/mol. The largest absolute Gasteiger partial charge is 0.359 e. The third-order valence-corrected chi connectivity index (χ3v) is 3.10. The maximum atomic E-state index is 5.23. The van der Waals surface area contributed by atoms with Crippen LogP contribution in [0, 0.1) is 0 Å². The molecule has 102 valence electrons. The zero-order valence-corrected chi connectivity index (χ0v) is 11.9. The number of hydrogen-bond acceptors (Lipinski definition) is 3. The van der Waals surface area contributed by atoms with E-state index >= 15 is 0 Å². The molecule has 19 heavy (non-hydrogen) atoms. The first-order chi connectivity index (χ1) is 9.19. The second-order valence-electron chi connectivity index (χ2n) is 4.19. The molecule has 0 saturated heterocycles. The number of thiocarbonyl (C=S) groups is 1. The third kappa shape index (κ3) is 3.78. The van der Waals surface area contributed by atoms with E-state index in [0.717, 1.165) is 17.8 Å². The Morgan fingerprint density at radius 3 is 2.74 bits per heavy atom. The van der Waals surface area contributed by atoms with Gasteiger partial charge in [-0.2, -0.15) is 10.2 Å². The van der Waals surface area contributed by atoms with Crippen molar-refractivity contribution >= 4 is 17.3 Å². The molecule has 2 aromatic rings. The van der Waals surface area contributed by atoms with E-state index in [9.17, 15) is 0 Å². The fraction of sp³-hybridized carbons (Fsp3) is 0.417.